The van der Waals surface area contributed by atoms with E-state index in [9.17, 15) is 4.79 Å². The third-order valence-electron chi connectivity index (χ3n) is 4.24. The number of benzene rings is 2. The molecule has 0 aliphatic rings. The number of amides is 2. The van der Waals surface area contributed by atoms with Crippen LogP contribution in [0, 0.1) is 0 Å². The normalized spacial score (nSPS) is 9.41. The number of urea groups is 1. The van der Waals surface area contributed by atoms with Gasteiger partial charge in [-0.3, -0.25) is 0 Å². The molecule has 32 heavy (non-hydrogen) atoms. The van der Waals surface area contributed by atoms with E-state index in [1.54, 1.807) is 0 Å². The van der Waals surface area contributed by atoms with Gasteiger partial charge in [0.1, 0.15) is 0 Å². The average molecular weight is 546 g/mol. The molecule has 5 heteroatoms. The zero-order valence-corrected chi connectivity index (χ0v) is 24.2. The number of nitrogens with zero attached hydrogens (tertiary/aromatic N) is 1. The molecule has 0 heterocycles. The summed E-state index contributed by atoms with van der Waals surface area (Å²) < 4.78 is 0. The van der Waals surface area contributed by atoms with E-state index in [-0.39, 0.29) is 23.9 Å². The number of nitrogens with two attached hydrogens (primary N) is 1. The molecule has 0 aliphatic heterocycles. The second-order valence-corrected chi connectivity index (χ2v) is 7.12. The summed E-state index contributed by atoms with van der Waals surface area (Å²) in [5.74, 6) is 0. The van der Waals surface area contributed by atoms with Gasteiger partial charge in [-0.1, -0.05) is 135 Å². The summed E-state index contributed by atoms with van der Waals surface area (Å²) in [6, 6.07) is 17.4. The Kier molecular flexibility index (Phi) is 27.7. The molecule has 2 amide bonds. The van der Waals surface area contributed by atoms with Crippen LogP contribution in [-0.4, -0.2) is 35.7 Å². The maximum absolute atomic E-state index is 10.6. The van der Waals surface area contributed by atoms with Crippen molar-refractivity contribution in [2.75, 3.05) is 0 Å². The van der Waals surface area contributed by atoms with Gasteiger partial charge in [0.25, 0.3) is 0 Å². The fraction of sp³-hybridized carbons (Fsp3) is 0.481. The molecule has 174 valence electrons. The minimum Gasteiger partial charge on any atom is -0.350 e. The summed E-state index contributed by atoms with van der Waals surface area (Å²) in [5, 5.41) is 3.89. The first-order valence-corrected chi connectivity index (χ1v) is 11.7. The fourth-order valence-electron chi connectivity index (χ4n) is 1.74. The van der Waals surface area contributed by atoms with Crippen molar-refractivity contribution in [3.05, 3.63) is 60.2 Å². The average Bonchev–Trinajstić information content (AvgIpc) is 2.83. The number of carbonyl (C=O) groups excluding carboxylic acids is 1. The first-order valence-electron chi connectivity index (χ1n) is 11.7. The Balaban J connectivity index is -0.000000539. The second kappa shape index (κ2) is 25.4. The van der Waals surface area contributed by atoms with Crippen molar-refractivity contribution in [2.24, 2.45) is 10.8 Å². The fourth-order valence-corrected chi connectivity index (χ4v) is 1.74. The number of primary amides is 1. The molecule has 0 radical (unpaired) electrons. The molecule has 0 spiro atoms. The number of nitrogens with one attached hydrogen (secondary N) is 1. The Labute approximate surface area is 214 Å². The van der Waals surface area contributed by atoms with Crippen molar-refractivity contribution in [3.63, 3.8) is 0 Å². The van der Waals surface area contributed by atoms with Gasteiger partial charge in [-0.2, -0.15) is 5.10 Å². The van der Waals surface area contributed by atoms with Gasteiger partial charge in [0.15, 0.2) is 0 Å². The van der Waals surface area contributed by atoms with Gasteiger partial charge in [-0.05, 0) is 23.6 Å². The van der Waals surface area contributed by atoms with Crippen molar-refractivity contribution in [1.29, 1.82) is 0 Å². The predicted octanol–water partition coefficient (Wildman–Crippen LogP) is 7.78. The molecular weight excluding hydrogens is 501 g/mol. The molecule has 0 saturated heterocycles. The zero-order chi connectivity index (χ0) is 23.9. The number of hydrazone groups is 1. The van der Waals surface area contributed by atoms with E-state index in [1.165, 1.54) is 44.1 Å². The van der Waals surface area contributed by atoms with Crippen molar-refractivity contribution < 1.29 is 4.79 Å². The van der Waals surface area contributed by atoms with Crippen LogP contribution < -0.4 is 11.2 Å². The van der Waals surface area contributed by atoms with Gasteiger partial charge in [0, 0.05) is 0 Å². The maximum Gasteiger partial charge on any atom is 4.00 e. The van der Waals surface area contributed by atoms with Crippen LogP contribution >= 0.6 is 0 Å². The molecule has 3 N–H and O–H groups in total. The predicted molar refractivity (Wildman–Crippen MR) is 144 cm³/mol. The molecule has 0 unspecified atom stereocenters. The third kappa shape index (κ3) is 20.1. The first kappa shape index (κ1) is 34.8. The van der Waals surface area contributed by atoms with Crippen LogP contribution in [0.5, 0.6) is 0 Å². The summed E-state index contributed by atoms with van der Waals surface area (Å²) in [6.07, 6.45) is 7.92. The number of carbonyl (C=O) groups is 1. The van der Waals surface area contributed by atoms with E-state index in [0.29, 0.717) is 5.71 Å². The molecule has 0 aliphatic carbocycles. The summed E-state index contributed by atoms with van der Waals surface area (Å²) in [7, 11) is 0. The van der Waals surface area contributed by atoms with Crippen LogP contribution in [0.4, 0.5) is 4.79 Å². The van der Waals surface area contributed by atoms with Crippen LogP contribution in [0.3, 0.4) is 0 Å². The van der Waals surface area contributed by atoms with E-state index < -0.39 is 6.03 Å². The number of hydrogen-bond donors (Lipinski definition) is 2. The van der Waals surface area contributed by atoms with Gasteiger partial charge >= 0.3 is 29.9 Å². The van der Waals surface area contributed by atoms with E-state index in [2.05, 4.69) is 64.2 Å². The van der Waals surface area contributed by atoms with Crippen LogP contribution in [0.1, 0.15) is 92.6 Å². The monoisotopic (exact) mass is 547 g/mol. The quantitative estimate of drug-likeness (QED) is 0.217. The molecule has 2 aromatic rings. The van der Waals surface area contributed by atoms with Crippen LogP contribution in [-0.2, 0) is 0 Å². The first-order chi connectivity index (χ1) is 14.9. The van der Waals surface area contributed by atoms with E-state index >= 15 is 0 Å². The maximum atomic E-state index is 10.6. The largest absolute Gasteiger partial charge is 4.00 e. The van der Waals surface area contributed by atoms with Crippen molar-refractivity contribution in [2.45, 2.75) is 87.0 Å². The molecule has 0 saturated carbocycles. The topological polar surface area (TPSA) is 67.5 Å². The van der Waals surface area contributed by atoms with Crippen LogP contribution in [0.2, 0.25) is 0 Å². The summed E-state index contributed by atoms with van der Waals surface area (Å²) >= 11 is 0. The summed E-state index contributed by atoms with van der Waals surface area (Å²) in [6.45, 7) is 14.9. The van der Waals surface area contributed by atoms with Crippen molar-refractivity contribution in [3.8, 4) is 11.1 Å². The summed E-state index contributed by atoms with van der Waals surface area (Å²) in [5.41, 5.74) is 11.1. The Bertz CT molecular complexity index is 670. The Hall–Kier alpha value is -1.82. The second-order valence-electron chi connectivity index (χ2n) is 7.12. The molecule has 0 atom stereocenters. The van der Waals surface area contributed by atoms with E-state index in [1.807, 2.05) is 49.4 Å². The Morgan fingerprint density at radius 3 is 1.44 bits per heavy atom. The Morgan fingerprint density at radius 1 is 0.719 bits per heavy atom. The Morgan fingerprint density at radius 2 is 1.09 bits per heavy atom. The molecule has 0 aromatic heterocycles. The van der Waals surface area contributed by atoms with E-state index in [4.69, 9.17) is 5.73 Å². The number of rotatable bonds is 6. The molecule has 4 nitrogen and oxygen atoms in total. The van der Waals surface area contributed by atoms with Gasteiger partial charge in [0.05, 0.1) is 5.71 Å². The number of unbranched alkanes of at least 4 members (excludes halogenated alkanes) is 3. The third-order valence-corrected chi connectivity index (χ3v) is 4.24. The van der Waals surface area contributed by atoms with Crippen LogP contribution in [0.15, 0.2) is 59.7 Å². The summed E-state index contributed by atoms with van der Waals surface area (Å²) in [4.78, 5) is 10.6. The minimum atomic E-state index is -0.666. The smallest absolute Gasteiger partial charge is 0.350 e. The minimum absolute atomic E-state index is 0. The SMILES string of the molecule is C/C(=N\NC(N)=O)c1ccc(-c2ccccc2)cc1.CCCC.CCCC.CCCC.[Sn+4]. The van der Waals surface area contributed by atoms with Gasteiger partial charge < -0.3 is 5.73 Å². The molecule has 2 rings (SSSR count). The van der Waals surface area contributed by atoms with E-state index in [0.717, 1.165) is 11.1 Å². The standard InChI is InChI=1S/C15H15N3O.3C4H10.Sn/c1-11(17-18-15(16)19)12-7-9-14(10-8-12)13-5-3-2-4-6-13;3*1-3-4-2;/h2-10H,1H3,(H3,16,18,19);3*3-4H2,1-2H3;/q;;;;+4/b17-11+;;;;. The number of hydrogen-bond acceptors (Lipinski definition) is 2. The van der Waals surface area contributed by atoms with Gasteiger partial charge in [-0.15, -0.1) is 0 Å². The van der Waals surface area contributed by atoms with Gasteiger partial charge in [-0.25, -0.2) is 10.2 Å². The molecule has 0 fully saturated rings. The zero-order valence-electron chi connectivity index (χ0n) is 21.4. The molecule has 0 bridgehead atoms. The van der Waals surface area contributed by atoms with Crippen molar-refractivity contribution in [1.82, 2.24) is 5.43 Å². The molecular formula is C27H45N3OSn+4. The van der Waals surface area contributed by atoms with Crippen molar-refractivity contribution >= 4 is 35.7 Å². The van der Waals surface area contributed by atoms with Crippen LogP contribution in [0.25, 0.3) is 11.1 Å². The van der Waals surface area contributed by atoms with Gasteiger partial charge in [0.2, 0.25) is 0 Å². The molecule has 2 aromatic carbocycles.